The smallest absolute Gasteiger partial charge is 0.320 e. The molecule has 3 nitrogen and oxygen atoms in total. The van der Waals surface area contributed by atoms with Gasteiger partial charge in [0.15, 0.2) is 0 Å². The van der Waals surface area contributed by atoms with E-state index in [1.54, 1.807) is 11.8 Å². The van der Waals surface area contributed by atoms with Crippen LogP contribution in [0.25, 0.3) is 0 Å². The molecule has 1 aliphatic rings. The highest BCUT2D eigenvalue weighted by Crippen LogP contribution is 2.17. The molecule has 0 amide bonds. The van der Waals surface area contributed by atoms with E-state index < -0.39 is 5.97 Å². The van der Waals surface area contributed by atoms with E-state index in [0.29, 0.717) is 5.25 Å². The lowest BCUT2D eigenvalue weighted by Gasteiger charge is -2.01. The topological polar surface area (TPSA) is 49.3 Å². The quantitative estimate of drug-likeness (QED) is 0.606. The highest BCUT2D eigenvalue weighted by molar-refractivity contribution is 7.99. The van der Waals surface area contributed by atoms with Gasteiger partial charge in [-0.25, -0.2) is 0 Å². The van der Waals surface area contributed by atoms with Crippen molar-refractivity contribution in [3.63, 3.8) is 0 Å². The lowest BCUT2D eigenvalue weighted by molar-refractivity contribution is -0.139. The Morgan fingerprint density at radius 1 is 1.80 bits per heavy atom. The van der Waals surface area contributed by atoms with Gasteiger partial charge in [-0.3, -0.25) is 4.79 Å². The Hall–Kier alpha value is -0.220. The van der Waals surface area contributed by atoms with E-state index in [-0.39, 0.29) is 6.04 Å². The molecule has 0 radical (unpaired) electrons. The Morgan fingerprint density at radius 2 is 2.50 bits per heavy atom. The molecule has 1 unspecified atom stereocenters. The third kappa shape index (κ3) is 1.64. The molecule has 0 bridgehead atoms. The zero-order chi connectivity index (χ0) is 7.56. The summed E-state index contributed by atoms with van der Waals surface area (Å²) >= 11 is 1.73. The molecule has 4 heteroatoms. The molecule has 10 heavy (non-hydrogen) atoms. The first-order chi connectivity index (χ1) is 4.74. The van der Waals surface area contributed by atoms with E-state index in [2.05, 4.69) is 5.32 Å². The second-order valence-corrected chi connectivity index (χ2v) is 3.53. The summed E-state index contributed by atoms with van der Waals surface area (Å²) < 4.78 is 0. The van der Waals surface area contributed by atoms with Crippen molar-refractivity contribution in [1.82, 2.24) is 5.32 Å². The first-order valence-electron chi connectivity index (χ1n) is 3.23. The fraction of sp³-hybridized carbons (Fsp3) is 0.833. The number of thioether (sulfide) groups is 1. The number of aliphatic carboxylic acids is 1. The van der Waals surface area contributed by atoms with Crippen LogP contribution in [-0.2, 0) is 4.79 Å². The number of carboxylic acid groups (broad SMARTS) is 1. The van der Waals surface area contributed by atoms with Crippen molar-refractivity contribution >= 4 is 17.7 Å². The SMILES string of the molecule is CS[C@@H]1CNC(C(=O)O)C1. The summed E-state index contributed by atoms with van der Waals surface area (Å²) in [4.78, 5) is 10.4. The van der Waals surface area contributed by atoms with Crippen molar-refractivity contribution in [3.05, 3.63) is 0 Å². The third-order valence-electron chi connectivity index (χ3n) is 1.72. The average Bonchev–Trinajstić information content (AvgIpc) is 2.34. The van der Waals surface area contributed by atoms with E-state index in [1.807, 2.05) is 6.26 Å². The normalized spacial score (nSPS) is 32.5. The molecule has 58 valence electrons. The van der Waals surface area contributed by atoms with Gasteiger partial charge in [0.05, 0.1) is 0 Å². The Labute approximate surface area is 64.2 Å². The van der Waals surface area contributed by atoms with Gasteiger partial charge in [-0.1, -0.05) is 0 Å². The van der Waals surface area contributed by atoms with Crippen molar-refractivity contribution in [2.75, 3.05) is 12.8 Å². The molecule has 2 atom stereocenters. The maximum atomic E-state index is 10.4. The van der Waals surface area contributed by atoms with Gasteiger partial charge in [-0.2, -0.15) is 11.8 Å². The van der Waals surface area contributed by atoms with Crippen LogP contribution in [0.3, 0.4) is 0 Å². The molecule has 0 aliphatic carbocycles. The highest BCUT2D eigenvalue weighted by atomic mass is 32.2. The van der Waals surface area contributed by atoms with Gasteiger partial charge in [0.25, 0.3) is 0 Å². The standard InChI is InChI=1S/C6H11NO2S/c1-10-4-2-5(6(8)9)7-3-4/h4-5,7H,2-3H2,1H3,(H,8,9)/t4-,5?/m0/s1. The van der Waals surface area contributed by atoms with Gasteiger partial charge in [-0.05, 0) is 12.7 Å². The number of hydrogen-bond acceptors (Lipinski definition) is 3. The second kappa shape index (κ2) is 3.25. The first-order valence-corrected chi connectivity index (χ1v) is 4.52. The summed E-state index contributed by atoms with van der Waals surface area (Å²) in [6, 6.07) is -0.308. The van der Waals surface area contributed by atoms with Crippen LogP contribution in [0.4, 0.5) is 0 Å². The van der Waals surface area contributed by atoms with Gasteiger partial charge < -0.3 is 10.4 Å². The lowest BCUT2D eigenvalue weighted by Crippen LogP contribution is -2.29. The van der Waals surface area contributed by atoms with Crippen LogP contribution in [-0.4, -0.2) is 35.2 Å². The minimum atomic E-state index is -0.725. The molecular formula is C6H11NO2S. The summed E-state index contributed by atoms with van der Waals surface area (Å²) in [5.41, 5.74) is 0. The fourth-order valence-corrected chi connectivity index (χ4v) is 1.72. The summed E-state index contributed by atoms with van der Waals surface area (Å²) in [5, 5.41) is 12.0. The molecule has 0 spiro atoms. The van der Waals surface area contributed by atoms with Crippen molar-refractivity contribution in [3.8, 4) is 0 Å². The molecule has 0 aromatic carbocycles. The maximum absolute atomic E-state index is 10.4. The molecule has 1 aliphatic heterocycles. The second-order valence-electron chi connectivity index (χ2n) is 2.39. The van der Waals surface area contributed by atoms with Gasteiger partial charge in [-0.15, -0.1) is 0 Å². The number of nitrogens with one attached hydrogen (secondary N) is 1. The van der Waals surface area contributed by atoms with Crippen LogP contribution in [0.1, 0.15) is 6.42 Å². The minimum Gasteiger partial charge on any atom is -0.480 e. The zero-order valence-electron chi connectivity index (χ0n) is 5.83. The molecule has 0 aromatic heterocycles. The highest BCUT2D eigenvalue weighted by Gasteiger charge is 2.27. The van der Waals surface area contributed by atoms with Gasteiger partial charge in [0, 0.05) is 11.8 Å². The minimum absolute atomic E-state index is 0.308. The summed E-state index contributed by atoms with van der Waals surface area (Å²) in [6.07, 6.45) is 2.77. The van der Waals surface area contributed by atoms with Crippen LogP contribution in [0.15, 0.2) is 0 Å². The van der Waals surface area contributed by atoms with Gasteiger partial charge >= 0.3 is 5.97 Å². The Bertz CT molecular complexity index is 140. The van der Waals surface area contributed by atoms with E-state index in [1.165, 1.54) is 0 Å². The molecule has 1 rings (SSSR count). The van der Waals surface area contributed by atoms with Crippen molar-refractivity contribution in [2.45, 2.75) is 17.7 Å². The van der Waals surface area contributed by atoms with Crippen LogP contribution in [0.5, 0.6) is 0 Å². The summed E-state index contributed by atoms with van der Waals surface area (Å²) in [6.45, 7) is 0.831. The molecule has 0 saturated carbocycles. The third-order valence-corrected chi connectivity index (χ3v) is 2.75. The predicted octanol–water partition coefficient (Wildman–Crippen LogP) is 0.164. The summed E-state index contributed by atoms with van der Waals surface area (Å²) in [7, 11) is 0. The Balaban J connectivity index is 2.35. The van der Waals surface area contributed by atoms with E-state index in [4.69, 9.17) is 5.11 Å². The molecule has 2 N–H and O–H groups in total. The maximum Gasteiger partial charge on any atom is 0.320 e. The predicted molar refractivity (Wildman–Crippen MR) is 41.3 cm³/mol. The zero-order valence-corrected chi connectivity index (χ0v) is 6.65. The van der Waals surface area contributed by atoms with Crippen molar-refractivity contribution < 1.29 is 9.90 Å². The Kier molecular flexibility index (Phi) is 2.56. The van der Waals surface area contributed by atoms with Crippen molar-refractivity contribution in [2.24, 2.45) is 0 Å². The van der Waals surface area contributed by atoms with Crippen LogP contribution in [0.2, 0.25) is 0 Å². The molecule has 1 fully saturated rings. The molecule has 0 aromatic rings. The van der Waals surface area contributed by atoms with E-state index >= 15 is 0 Å². The molecule has 1 saturated heterocycles. The van der Waals surface area contributed by atoms with Crippen molar-refractivity contribution in [1.29, 1.82) is 0 Å². The molecular weight excluding hydrogens is 150 g/mol. The van der Waals surface area contributed by atoms with Crippen LogP contribution in [0, 0.1) is 0 Å². The van der Waals surface area contributed by atoms with Gasteiger partial charge in [0.2, 0.25) is 0 Å². The first kappa shape index (κ1) is 7.88. The monoisotopic (exact) mass is 161 g/mol. The summed E-state index contributed by atoms with van der Waals surface area (Å²) in [5.74, 6) is -0.725. The molecule has 1 heterocycles. The van der Waals surface area contributed by atoms with Gasteiger partial charge in [0.1, 0.15) is 6.04 Å². The largest absolute Gasteiger partial charge is 0.480 e. The fourth-order valence-electron chi connectivity index (χ4n) is 1.07. The Morgan fingerprint density at radius 3 is 2.80 bits per heavy atom. The average molecular weight is 161 g/mol. The number of carboxylic acids is 1. The van der Waals surface area contributed by atoms with Crippen LogP contribution < -0.4 is 5.32 Å². The number of carbonyl (C=O) groups is 1. The van der Waals surface area contributed by atoms with E-state index in [0.717, 1.165) is 13.0 Å². The number of hydrogen-bond donors (Lipinski definition) is 2. The van der Waals surface area contributed by atoms with Crippen LogP contribution >= 0.6 is 11.8 Å². The number of rotatable bonds is 2. The van der Waals surface area contributed by atoms with E-state index in [9.17, 15) is 4.79 Å². The lowest BCUT2D eigenvalue weighted by atomic mass is 10.2.